The van der Waals surface area contributed by atoms with Gasteiger partial charge in [-0.3, -0.25) is 4.68 Å². The summed E-state index contributed by atoms with van der Waals surface area (Å²) in [5.41, 5.74) is 3.03. The van der Waals surface area contributed by atoms with Gasteiger partial charge in [0.15, 0.2) is 0 Å². The van der Waals surface area contributed by atoms with Crippen LogP contribution in [0.25, 0.3) is 0 Å². The molecule has 2 aromatic heterocycles. The summed E-state index contributed by atoms with van der Waals surface area (Å²) in [4.78, 5) is 4.15. The van der Waals surface area contributed by atoms with Gasteiger partial charge in [0.1, 0.15) is 0 Å². The number of anilines is 1. The van der Waals surface area contributed by atoms with Crippen LogP contribution in [0.5, 0.6) is 5.88 Å². The van der Waals surface area contributed by atoms with Gasteiger partial charge in [-0.2, -0.15) is 5.10 Å². The number of pyridine rings is 1. The molecule has 0 spiro atoms. The first-order chi connectivity index (χ1) is 8.20. The molecule has 5 nitrogen and oxygen atoms in total. The third kappa shape index (κ3) is 2.55. The van der Waals surface area contributed by atoms with Gasteiger partial charge < -0.3 is 10.1 Å². The largest absolute Gasteiger partial charge is 0.481 e. The molecule has 0 aliphatic heterocycles. The Morgan fingerprint density at radius 3 is 2.94 bits per heavy atom. The maximum absolute atomic E-state index is 5.20. The third-order valence-corrected chi connectivity index (χ3v) is 2.53. The van der Waals surface area contributed by atoms with E-state index in [1.54, 1.807) is 18.0 Å². The Morgan fingerprint density at radius 1 is 1.47 bits per heavy atom. The molecule has 0 amide bonds. The van der Waals surface area contributed by atoms with Gasteiger partial charge in [0.05, 0.1) is 18.5 Å². The van der Waals surface area contributed by atoms with E-state index in [2.05, 4.69) is 15.4 Å². The van der Waals surface area contributed by atoms with Crippen molar-refractivity contribution in [3.05, 3.63) is 35.8 Å². The van der Waals surface area contributed by atoms with Gasteiger partial charge in [0.2, 0.25) is 5.88 Å². The van der Waals surface area contributed by atoms with Crippen molar-refractivity contribution in [1.82, 2.24) is 14.8 Å². The van der Waals surface area contributed by atoms with Crippen LogP contribution >= 0.6 is 0 Å². The molecule has 0 saturated heterocycles. The van der Waals surface area contributed by atoms with Crippen molar-refractivity contribution in [2.75, 3.05) is 12.4 Å². The summed E-state index contributed by atoms with van der Waals surface area (Å²) < 4.78 is 6.99. The van der Waals surface area contributed by atoms with Crippen LogP contribution in [0.2, 0.25) is 0 Å². The first-order valence-corrected chi connectivity index (χ1v) is 5.42. The minimum Gasteiger partial charge on any atom is -0.481 e. The first kappa shape index (κ1) is 11.4. The number of nitrogens with one attached hydrogen (secondary N) is 1. The molecule has 2 aromatic rings. The Kier molecular flexibility index (Phi) is 3.27. The lowest BCUT2D eigenvalue weighted by molar-refractivity contribution is 0.393. The molecule has 0 bridgehead atoms. The molecule has 0 saturated carbocycles. The summed E-state index contributed by atoms with van der Waals surface area (Å²) in [6, 6.07) is 3.89. The Morgan fingerprint density at radius 2 is 2.29 bits per heavy atom. The smallest absolute Gasteiger partial charge is 0.218 e. The Balaban J connectivity index is 2.09. The molecule has 0 fully saturated rings. The van der Waals surface area contributed by atoms with Crippen molar-refractivity contribution >= 4 is 5.69 Å². The fourth-order valence-electron chi connectivity index (χ4n) is 1.71. The molecular formula is C12H16N4O. The normalized spacial score (nSPS) is 10.3. The second kappa shape index (κ2) is 4.86. The zero-order chi connectivity index (χ0) is 12.3. The lowest BCUT2D eigenvalue weighted by Gasteiger charge is -2.08. The molecule has 0 aliphatic carbocycles. The average molecular weight is 232 g/mol. The average Bonchev–Trinajstić information content (AvgIpc) is 2.65. The molecule has 5 heteroatoms. The molecule has 17 heavy (non-hydrogen) atoms. The monoisotopic (exact) mass is 232 g/mol. The van der Waals surface area contributed by atoms with Crippen LogP contribution in [0, 0.1) is 6.92 Å². The van der Waals surface area contributed by atoms with Crippen LogP contribution in [-0.2, 0) is 13.6 Å². The quantitative estimate of drug-likeness (QED) is 0.872. The predicted octanol–water partition coefficient (Wildman–Crippen LogP) is 1.74. The van der Waals surface area contributed by atoms with E-state index in [4.69, 9.17) is 4.74 Å². The molecule has 1 N–H and O–H groups in total. The number of hydrogen-bond acceptors (Lipinski definition) is 4. The molecule has 0 aliphatic rings. The van der Waals surface area contributed by atoms with Gasteiger partial charge in [-0.15, -0.1) is 0 Å². The fraction of sp³-hybridized carbons (Fsp3) is 0.333. The van der Waals surface area contributed by atoms with Gasteiger partial charge in [0, 0.05) is 31.5 Å². The van der Waals surface area contributed by atoms with Crippen molar-refractivity contribution in [3.63, 3.8) is 0 Å². The SMILES string of the molecule is COc1ncccc1CNc1cn(C)nc1C. The summed E-state index contributed by atoms with van der Waals surface area (Å²) in [5, 5.41) is 7.59. The van der Waals surface area contributed by atoms with E-state index in [1.165, 1.54) is 0 Å². The zero-order valence-electron chi connectivity index (χ0n) is 10.3. The Hall–Kier alpha value is -2.04. The minimum atomic E-state index is 0.654. The number of methoxy groups -OCH3 is 1. The van der Waals surface area contributed by atoms with E-state index in [0.29, 0.717) is 12.4 Å². The van der Waals surface area contributed by atoms with Crippen LogP contribution in [0.15, 0.2) is 24.5 Å². The molecule has 0 radical (unpaired) electrons. The number of rotatable bonds is 4. The van der Waals surface area contributed by atoms with E-state index in [-0.39, 0.29) is 0 Å². The van der Waals surface area contributed by atoms with Crippen molar-refractivity contribution < 1.29 is 4.74 Å². The van der Waals surface area contributed by atoms with Gasteiger partial charge >= 0.3 is 0 Å². The Bertz CT molecular complexity index is 507. The third-order valence-electron chi connectivity index (χ3n) is 2.53. The highest BCUT2D eigenvalue weighted by molar-refractivity contribution is 5.46. The summed E-state index contributed by atoms with van der Waals surface area (Å²) in [6.07, 6.45) is 3.68. The predicted molar refractivity (Wildman–Crippen MR) is 66.1 cm³/mol. The Labute approximate surface area is 100 Å². The van der Waals surface area contributed by atoms with Gasteiger partial charge in [-0.25, -0.2) is 4.98 Å². The summed E-state index contributed by atoms with van der Waals surface area (Å²) in [5.74, 6) is 0.654. The maximum Gasteiger partial charge on any atom is 0.218 e. The van der Waals surface area contributed by atoms with E-state index in [0.717, 1.165) is 16.9 Å². The van der Waals surface area contributed by atoms with Crippen LogP contribution in [0.4, 0.5) is 5.69 Å². The maximum atomic E-state index is 5.20. The van der Waals surface area contributed by atoms with Gasteiger partial charge in [-0.1, -0.05) is 6.07 Å². The van der Waals surface area contributed by atoms with Crippen LogP contribution in [-0.4, -0.2) is 21.9 Å². The number of aromatic nitrogens is 3. The zero-order valence-corrected chi connectivity index (χ0v) is 10.3. The molecule has 2 heterocycles. The summed E-state index contributed by atoms with van der Waals surface area (Å²) in [7, 11) is 3.53. The number of nitrogens with zero attached hydrogens (tertiary/aromatic N) is 3. The van der Waals surface area contributed by atoms with Crippen molar-refractivity contribution in [3.8, 4) is 5.88 Å². The first-order valence-electron chi connectivity index (χ1n) is 5.42. The number of aryl methyl sites for hydroxylation is 2. The topological polar surface area (TPSA) is 52.0 Å². The second-order valence-electron chi connectivity index (χ2n) is 3.83. The summed E-state index contributed by atoms with van der Waals surface area (Å²) in [6.45, 7) is 2.65. The lowest BCUT2D eigenvalue weighted by Crippen LogP contribution is -2.03. The highest BCUT2D eigenvalue weighted by Gasteiger charge is 2.05. The number of ether oxygens (including phenoxy) is 1. The van der Waals surface area contributed by atoms with Crippen LogP contribution in [0.1, 0.15) is 11.3 Å². The fourth-order valence-corrected chi connectivity index (χ4v) is 1.71. The highest BCUT2D eigenvalue weighted by Crippen LogP contribution is 2.17. The second-order valence-corrected chi connectivity index (χ2v) is 3.83. The van der Waals surface area contributed by atoms with E-state index >= 15 is 0 Å². The summed E-state index contributed by atoms with van der Waals surface area (Å²) >= 11 is 0. The lowest BCUT2D eigenvalue weighted by atomic mass is 10.2. The van der Waals surface area contributed by atoms with Gasteiger partial charge in [-0.05, 0) is 13.0 Å². The van der Waals surface area contributed by atoms with E-state index in [1.807, 2.05) is 32.3 Å². The molecule has 0 atom stereocenters. The number of hydrogen-bond donors (Lipinski definition) is 1. The van der Waals surface area contributed by atoms with Crippen molar-refractivity contribution in [1.29, 1.82) is 0 Å². The van der Waals surface area contributed by atoms with Crippen LogP contribution in [0.3, 0.4) is 0 Å². The standard InChI is InChI=1S/C12H16N4O/c1-9-11(8-16(2)15-9)14-7-10-5-4-6-13-12(10)17-3/h4-6,8,14H,7H2,1-3H3. The van der Waals surface area contributed by atoms with Crippen molar-refractivity contribution in [2.24, 2.45) is 7.05 Å². The molecular weight excluding hydrogens is 216 g/mol. The van der Waals surface area contributed by atoms with E-state index in [9.17, 15) is 0 Å². The van der Waals surface area contributed by atoms with Crippen molar-refractivity contribution in [2.45, 2.75) is 13.5 Å². The molecule has 90 valence electrons. The minimum absolute atomic E-state index is 0.654. The van der Waals surface area contributed by atoms with Gasteiger partial charge in [0.25, 0.3) is 0 Å². The molecule has 2 rings (SSSR count). The molecule has 0 aromatic carbocycles. The molecule has 0 unspecified atom stereocenters. The van der Waals surface area contributed by atoms with Crippen LogP contribution < -0.4 is 10.1 Å². The highest BCUT2D eigenvalue weighted by atomic mass is 16.5. The van der Waals surface area contributed by atoms with E-state index < -0.39 is 0 Å².